The van der Waals surface area contributed by atoms with Crippen LogP contribution in [0.3, 0.4) is 0 Å². The molecule has 2 N–H and O–H groups in total. The number of nitro benzene ring substituents is 1. The summed E-state index contributed by atoms with van der Waals surface area (Å²) < 4.78 is 7.20. The highest BCUT2D eigenvalue weighted by molar-refractivity contribution is 5.95. The van der Waals surface area contributed by atoms with Crippen LogP contribution in [-0.4, -0.2) is 22.5 Å². The minimum Gasteiger partial charge on any atom is -0.497 e. The second-order valence-electron chi connectivity index (χ2n) is 6.45. The molecule has 7 nitrogen and oxygen atoms in total. The Kier molecular flexibility index (Phi) is 5.44. The fourth-order valence-corrected chi connectivity index (χ4v) is 3.21. The Morgan fingerprint density at radius 2 is 1.79 bits per heavy atom. The zero-order valence-electron chi connectivity index (χ0n) is 15.7. The second-order valence-corrected chi connectivity index (χ2v) is 6.45. The lowest BCUT2D eigenvalue weighted by molar-refractivity contribution is -0.384. The van der Waals surface area contributed by atoms with Gasteiger partial charge in [0.1, 0.15) is 5.75 Å². The number of aryl methyl sites for hydroxylation is 1. The third kappa shape index (κ3) is 3.88. The molecule has 0 aliphatic rings. The summed E-state index contributed by atoms with van der Waals surface area (Å²) >= 11 is 0. The first-order valence-corrected chi connectivity index (χ1v) is 8.78. The number of primary amides is 1. The third-order valence-electron chi connectivity index (χ3n) is 4.79. The monoisotopic (exact) mass is 379 g/mol. The zero-order valence-corrected chi connectivity index (χ0v) is 15.7. The van der Waals surface area contributed by atoms with Crippen LogP contribution in [0, 0.1) is 17.0 Å². The maximum Gasteiger partial charge on any atom is 0.269 e. The Hall–Kier alpha value is -3.61. The molecule has 0 bridgehead atoms. The Bertz CT molecular complexity index is 1010. The number of carbonyl (C=O) groups excluding carboxylic acids is 1. The van der Waals surface area contributed by atoms with E-state index in [2.05, 4.69) is 0 Å². The fraction of sp³-hybridized carbons (Fsp3) is 0.190. The maximum atomic E-state index is 11.8. The van der Waals surface area contributed by atoms with Gasteiger partial charge in [-0.1, -0.05) is 12.1 Å². The number of nitro groups is 1. The molecular weight excluding hydrogens is 358 g/mol. The van der Waals surface area contributed by atoms with E-state index in [1.165, 1.54) is 12.1 Å². The molecule has 7 heteroatoms. The van der Waals surface area contributed by atoms with Crippen molar-refractivity contribution in [3.63, 3.8) is 0 Å². The summed E-state index contributed by atoms with van der Waals surface area (Å²) in [4.78, 5) is 22.3. The topological polar surface area (TPSA) is 100 Å². The Morgan fingerprint density at radius 3 is 2.32 bits per heavy atom. The number of amides is 1. The fourth-order valence-electron chi connectivity index (χ4n) is 3.21. The lowest BCUT2D eigenvalue weighted by Crippen LogP contribution is -2.13. The van der Waals surface area contributed by atoms with Crippen LogP contribution in [0.25, 0.3) is 11.3 Å². The van der Waals surface area contributed by atoms with Crippen molar-refractivity contribution in [3.05, 3.63) is 81.5 Å². The molecule has 0 radical (unpaired) electrons. The van der Waals surface area contributed by atoms with E-state index in [0.717, 1.165) is 34.7 Å². The van der Waals surface area contributed by atoms with E-state index in [1.54, 1.807) is 25.3 Å². The molecule has 0 saturated heterocycles. The number of nitrogens with zero attached hydrogens (tertiary/aromatic N) is 2. The molecule has 0 aliphatic carbocycles. The minimum absolute atomic E-state index is 0.0203. The molecule has 0 saturated carbocycles. The summed E-state index contributed by atoms with van der Waals surface area (Å²) in [5.41, 5.74) is 9.48. The van der Waals surface area contributed by atoms with Crippen molar-refractivity contribution in [3.8, 4) is 17.0 Å². The van der Waals surface area contributed by atoms with E-state index in [0.29, 0.717) is 12.1 Å². The number of aromatic nitrogens is 1. The highest BCUT2D eigenvalue weighted by atomic mass is 16.6. The molecule has 0 spiro atoms. The number of carbonyl (C=O) groups is 1. The number of nitrogens with two attached hydrogens (primary N) is 1. The van der Waals surface area contributed by atoms with Gasteiger partial charge in [-0.25, -0.2) is 0 Å². The van der Waals surface area contributed by atoms with Gasteiger partial charge in [0.2, 0.25) is 0 Å². The van der Waals surface area contributed by atoms with Crippen molar-refractivity contribution in [1.82, 2.24) is 4.57 Å². The molecule has 0 unspecified atom stereocenters. The van der Waals surface area contributed by atoms with Gasteiger partial charge in [-0.15, -0.1) is 0 Å². The summed E-state index contributed by atoms with van der Waals surface area (Å²) in [7, 11) is 1.63. The number of methoxy groups -OCH3 is 1. The quantitative estimate of drug-likeness (QED) is 0.499. The standard InChI is InChI=1S/C21H21N3O4/c1-14-19(21(22)25)13-20(16-5-7-17(8-6-16)24(26)27)23(14)12-11-15-3-9-18(28-2)10-4-15/h3-10,13H,11-12H2,1-2H3,(H2,22,25). The highest BCUT2D eigenvalue weighted by Crippen LogP contribution is 2.28. The molecule has 1 amide bonds. The number of hydrogen-bond donors (Lipinski definition) is 1. The summed E-state index contributed by atoms with van der Waals surface area (Å²) in [6.07, 6.45) is 0.748. The number of benzene rings is 2. The second kappa shape index (κ2) is 7.96. The molecule has 0 fully saturated rings. The largest absolute Gasteiger partial charge is 0.497 e. The summed E-state index contributed by atoms with van der Waals surface area (Å²) in [5.74, 6) is 0.298. The number of hydrogen-bond acceptors (Lipinski definition) is 4. The first-order valence-electron chi connectivity index (χ1n) is 8.78. The van der Waals surface area contributed by atoms with E-state index in [4.69, 9.17) is 10.5 Å². The van der Waals surface area contributed by atoms with Gasteiger partial charge in [-0.3, -0.25) is 14.9 Å². The molecule has 1 heterocycles. The number of rotatable bonds is 7. The van der Waals surface area contributed by atoms with Gasteiger partial charge in [0.25, 0.3) is 11.6 Å². The Morgan fingerprint density at radius 1 is 1.14 bits per heavy atom. The average Bonchev–Trinajstić information content (AvgIpc) is 3.03. The predicted molar refractivity (Wildman–Crippen MR) is 106 cm³/mol. The van der Waals surface area contributed by atoms with Crippen LogP contribution >= 0.6 is 0 Å². The van der Waals surface area contributed by atoms with Crippen molar-refractivity contribution in [2.75, 3.05) is 7.11 Å². The molecule has 3 aromatic rings. The van der Waals surface area contributed by atoms with Crippen LogP contribution in [0.15, 0.2) is 54.6 Å². The van der Waals surface area contributed by atoms with E-state index >= 15 is 0 Å². The highest BCUT2D eigenvalue weighted by Gasteiger charge is 2.17. The van der Waals surface area contributed by atoms with Crippen molar-refractivity contribution >= 4 is 11.6 Å². The predicted octanol–water partition coefficient (Wildman–Crippen LogP) is 3.72. The molecule has 144 valence electrons. The van der Waals surface area contributed by atoms with Crippen molar-refractivity contribution in [2.45, 2.75) is 19.9 Å². The number of ether oxygens (including phenoxy) is 1. The lowest BCUT2D eigenvalue weighted by atomic mass is 10.1. The van der Waals surface area contributed by atoms with Gasteiger partial charge < -0.3 is 15.0 Å². The van der Waals surface area contributed by atoms with Crippen molar-refractivity contribution in [2.24, 2.45) is 5.73 Å². The van der Waals surface area contributed by atoms with Crippen molar-refractivity contribution in [1.29, 1.82) is 0 Å². The van der Waals surface area contributed by atoms with Crippen molar-refractivity contribution < 1.29 is 14.5 Å². The lowest BCUT2D eigenvalue weighted by Gasteiger charge is -2.12. The van der Waals surface area contributed by atoms with Crippen LogP contribution in [-0.2, 0) is 13.0 Å². The molecule has 1 aromatic heterocycles. The van der Waals surface area contributed by atoms with Crippen LogP contribution in [0.1, 0.15) is 21.6 Å². The van der Waals surface area contributed by atoms with E-state index in [1.807, 2.05) is 35.8 Å². The smallest absolute Gasteiger partial charge is 0.269 e. The van der Waals surface area contributed by atoms with E-state index in [-0.39, 0.29) is 5.69 Å². The van der Waals surface area contributed by atoms with E-state index < -0.39 is 10.8 Å². The van der Waals surface area contributed by atoms with Gasteiger partial charge in [0.15, 0.2) is 0 Å². The molecule has 2 aromatic carbocycles. The molecular formula is C21H21N3O4. The van der Waals surface area contributed by atoms with Crippen LogP contribution in [0.2, 0.25) is 0 Å². The summed E-state index contributed by atoms with van der Waals surface area (Å²) in [5, 5.41) is 10.9. The van der Waals surface area contributed by atoms with Gasteiger partial charge in [-0.05, 0) is 54.8 Å². The zero-order chi connectivity index (χ0) is 20.3. The first kappa shape index (κ1) is 19.2. The number of non-ortho nitro benzene ring substituents is 1. The maximum absolute atomic E-state index is 11.8. The molecule has 3 rings (SSSR count). The van der Waals surface area contributed by atoms with Crippen LogP contribution in [0.4, 0.5) is 5.69 Å². The minimum atomic E-state index is -0.496. The summed E-state index contributed by atoms with van der Waals surface area (Å²) in [6.45, 7) is 2.49. The third-order valence-corrected chi connectivity index (χ3v) is 4.79. The van der Waals surface area contributed by atoms with Gasteiger partial charge in [0.05, 0.1) is 17.6 Å². The normalized spacial score (nSPS) is 10.6. The first-order chi connectivity index (χ1) is 13.4. The van der Waals surface area contributed by atoms with Crippen LogP contribution in [0.5, 0.6) is 5.75 Å². The van der Waals surface area contributed by atoms with Gasteiger partial charge in [-0.2, -0.15) is 0 Å². The Labute approximate surface area is 162 Å². The molecule has 0 aliphatic heterocycles. The van der Waals surface area contributed by atoms with Gasteiger partial charge in [0, 0.05) is 30.1 Å². The Balaban J connectivity index is 1.94. The SMILES string of the molecule is COc1ccc(CCn2c(-c3ccc([N+](=O)[O-])cc3)cc(C(N)=O)c2C)cc1. The van der Waals surface area contributed by atoms with E-state index in [9.17, 15) is 14.9 Å². The summed E-state index contributed by atoms with van der Waals surface area (Å²) in [6, 6.07) is 15.8. The molecule has 28 heavy (non-hydrogen) atoms. The van der Waals surface area contributed by atoms with Gasteiger partial charge >= 0.3 is 0 Å². The average molecular weight is 379 g/mol. The van der Waals surface area contributed by atoms with Crippen LogP contribution < -0.4 is 10.5 Å². The molecule has 0 atom stereocenters.